The second-order valence-electron chi connectivity index (χ2n) is 8.60. The van der Waals surface area contributed by atoms with Crippen molar-refractivity contribution in [3.8, 4) is 0 Å². The number of hydrogen-bond acceptors (Lipinski definition) is 2. The van der Waals surface area contributed by atoms with Crippen molar-refractivity contribution in [1.29, 1.82) is 0 Å². The largest absolute Gasteiger partial charge is 0.444 e. The van der Waals surface area contributed by atoms with Gasteiger partial charge in [-0.2, -0.15) is 0 Å². The van der Waals surface area contributed by atoms with E-state index >= 15 is 0 Å². The predicted molar refractivity (Wildman–Crippen MR) is 101 cm³/mol. The van der Waals surface area contributed by atoms with E-state index in [2.05, 4.69) is 52.1 Å². The molecular weight excluding hydrogens is 298 g/mol. The Morgan fingerprint density at radius 3 is 2.17 bits per heavy atom. The van der Waals surface area contributed by atoms with E-state index in [1.807, 2.05) is 20.8 Å². The topological polar surface area (TPSA) is 38.3 Å². The van der Waals surface area contributed by atoms with Crippen molar-refractivity contribution in [2.45, 2.75) is 80.4 Å². The van der Waals surface area contributed by atoms with E-state index < -0.39 is 5.60 Å². The number of ether oxygens (including phenoxy) is 1. The van der Waals surface area contributed by atoms with Crippen molar-refractivity contribution in [2.75, 3.05) is 0 Å². The molecule has 24 heavy (non-hydrogen) atoms. The molecule has 1 aromatic carbocycles. The number of carbonyl (C=O) groups excluding carboxylic acids is 1. The zero-order chi connectivity index (χ0) is 18.5. The van der Waals surface area contributed by atoms with Gasteiger partial charge in [-0.05, 0) is 74.6 Å². The van der Waals surface area contributed by atoms with E-state index in [1.54, 1.807) is 0 Å². The number of hydrogen-bond donors (Lipinski definition) is 1. The van der Waals surface area contributed by atoms with Gasteiger partial charge in [-0.15, -0.1) is 0 Å². The van der Waals surface area contributed by atoms with Gasteiger partial charge in [-0.3, -0.25) is 0 Å². The van der Waals surface area contributed by atoms with Crippen molar-refractivity contribution >= 4 is 6.09 Å². The number of rotatable bonds is 6. The van der Waals surface area contributed by atoms with E-state index in [9.17, 15) is 4.79 Å². The molecule has 0 unspecified atom stereocenters. The van der Waals surface area contributed by atoms with Crippen molar-refractivity contribution in [2.24, 2.45) is 11.8 Å². The summed E-state index contributed by atoms with van der Waals surface area (Å²) in [6.07, 6.45) is 1.76. The Bertz CT molecular complexity index is 554. The molecule has 0 aliphatic rings. The Labute approximate surface area is 148 Å². The molecule has 0 saturated carbocycles. The first-order valence-electron chi connectivity index (χ1n) is 9.06. The minimum atomic E-state index is -0.471. The van der Waals surface area contributed by atoms with E-state index in [0.29, 0.717) is 18.4 Å². The highest BCUT2D eigenvalue weighted by Crippen LogP contribution is 2.22. The van der Waals surface area contributed by atoms with Crippen LogP contribution in [0.3, 0.4) is 0 Å². The van der Waals surface area contributed by atoms with Crippen LogP contribution in [0.15, 0.2) is 12.1 Å². The van der Waals surface area contributed by atoms with Crippen molar-refractivity contribution in [1.82, 2.24) is 5.32 Å². The fourth-order valence-electron chi connectivity index (χ4n) is 2.91. The lowest BCUT2D eigenvalue weighted by molar-refractivity contribution is 0.0523. The number of alkyl carbamates (subject to hydrolysis) is 1. The summed E-state index contributed by atoms with van der Waals surface area (Å²) in [6.45, 7) is 17.2. The maximum absolute atomic E-state index is 12.0. The Balaban J connectivity index is 2.97. The molecule has 0 atom stereocenters. The van der Waals surface area contributed by atoms with Gasteiger partial charge in [-0.1, -0.05) is 39.8 Å². The van der Waals surface area contributed by atoms with Gasteiger partial charge in [0.05, 0.1) is 0 Å². The average molecular weight is 334 g/mol. The van der Waals surface area contributed by atoms with Crippen LogP contribution in [0.25, 0.3) is 0 Å². The fraction of sp³-hybridized carbons (Fsp3) is 0.667. The van der Waals surface area contributed by atoms with Crippen LogP contribution in [0, 0.1) is 18.8 Å². The van der Waals surface area contributed by atoms with Crippen LogP contribution in [0.2, 0.25) is 0 Å². The van der Waals surface area contributed by atoms with E-state index in [4.69, 9.17) is 4.74 Å². The van der Waals surface area contributed by atoms with Crippen LogP contribution >= 0.6 is 0 Å². The average Bonchev–Trinajstić information content (AvgIpc) is 2.33. The molecule has 0 saturated heterocycles. The molecule has 0 heterocycles. The Hall–Kier alpha value is -1.51. The van der Waals surface area contributed by atoms with Gasteiger partial charge < -0.3 is 10.1 Å². The van der Waals surface area contributed by atoms with E-state index in [0.717, 1.165) is 12.8 Å². The third-order valence-corrected chi connectivity index (χ3v) is 3.71. The lowest BCUT2D eigenvalue weighted by Gasteiger charge is -2.21. The molecule has 136 valence electrons. The summed E-state index contributed by atoms with van der Waals surface area (Å²) in [7, 11) is 0. The Morgan fingerprint density at radius 2 is 1.67 bits per heavy atom. The zero-order valence-corrected chi connectivity index (χ0v) is 16.7. The van der Waals surface area contributed by atoms with Crippen molar-refractivity contribution in [3.63, 3.8) is 0 Å². The molecular formula is C21H35NO2. The molecule has 3 nitrogen and oxygen atoms in total. The van der Waals surface area contributed by atoms with Gasteiger partial charge >= 0.3 is 6.09 Å². The lowest BCUT2D eigenvalue weighted by atomic mass is 9.90. The molecule has 1 N–H and O–H groups in total. The molecule has 0 spiro atoms. The van der Waals surface area contributed by atoms with Crippen molar-refractivity contribution in [3.05, 3.63) is 34.4 Å². The fourth-order valence-corrected chi connectivity index (χ4v) is 2.91. The summed E-state index contributed by atoms with van der Waals surface area (Å²) >= 11 is 0. The Kier molecular flexibility index (Phi) is 7.31. The summed E-state index contributed by atoms with van der Waals surface area (Å²) in [5.74, 6) is 1.22. The maximum Gasteiger partial charge on any atom is 0.407 e. The monoisotopic (exact) mass is 333 g/mol. The van der Waals surface area contributed by atoms with Crippen LogP contribution in [0.1, 0.15) is 70.7 Å². The Morgan fingerprint density at radius 1 is 1.08 bits per heavy atom. The van der Waals surface area contributed by atoms with Gasteiger partial charge in [0.15, 0.2) is 0 Å². The van der Waals surface area contributed by atoms with Gasteiger partial charge in [0.1, 0.15) is 5.60 Å². The molecule has 1 aromatic rings. The highest BCUT2D eigenvalue weighted by molar-refractivity contribution is 5.67. The zero-order valence-electron chi connectivity index (χ0n) is 16.7. The van der Waals surface area contributed by atoms with Gasteiger partial charge in [0.25, 0.3) is 0 Å². The standard InChI is InChI=1S/C21H35NO2/c1-14(2)9-17-11-16(5)19(18(12-17)10-15(3)4)13-22-20(23)24-21(6,7)8/h11-12,14-15H,9-10,13H2,1-8H3,(H,22,23). The smallest absolute Gasteiger partial charge is 0.407 e. The second kappa shape index (κ2) is 8.55. The minimum Gasteiger partial charge on any atom is -0.444 e. The second-order valence-corrected chi connectivity index (χ2v) is 8.60. The summed E-state index contributed by atoms with van der Waals surface area (Å²) in [5, 5.41) is 2.91. The maximum atomic E-state index is 12.0. The van der Waals surface area contributed by atoms with Gasteiger partial charge in [0, 0.05) is 6.54 Å². The first kappa shape index (κ1) is 20.5. The molecule has 0 fully saturated rings. The summed E-state index contributed by atoms with van der Waals surface area (Å²) < 4.78 is 5.35. The van der Waals surface area contributed by atoms with E-state index in [1.165, 1.54) is 22.3 Å². The summed E-state index contributed by atoms with van der Waals surface area (Å²) in [6, 6.07) is 4.58. The van der Waals surface area contributed by atoms with Crippen LogP contribution in [0.4, 0.5) is 4.79 Å². The molecule has 3 heteroatoms. The normalized spacial score (nSPS) is 11.9. The molecule has 0 aromatic heterocycles. The number of carbonyl (C=O) groups is 1. The first-order valence-corrected chi connectivity index (χ1v) is 9.06. The lowest BCUT2D eigenvalue weighted by Crippen LogP contribution is -2.32. The number of aryl methyl sites for hydroxylation is 1. The van der Waals surface area contributed by atoms with Gasteiger partial charge in [0.2, 0.25) is 0 Å². The molecule has 0 aliphatic carbocycles. The molecule has 1 rings (SSSR count). The number of benzene rings is 1. The predicted octanol–water partition coefficient (Wildman–Crippen LogP) is 5.42. The van der Waals surface area contributed by atoms with Crippen molar-refractivity contribution < 1.29 is 9.53 Å². The third kappa shape index (κ3) is 7.37. The third-order valence-electron chi connectivity index (χ3n) is 3.71. The highest BCUT2D eigenvalue weighted by atomic mass is 16.6. The molecule has 1 amide bonds. The molecule has 0 radical (unpaired) electrons. The van der Waals surface area contributed by atoms with Crippen LogP contribution in [0.5, 0.6) is 0 Å². The van der Waals surface area contributed by atoms with Crippen LogP contribution in [-0.4, -0.2) is 11.7 Å². The van der Waals surface area contributed by atoms with Crippen LogP contribution < -0.4 is 5.32 Å². The molecule has 0 bridgehead atoms. The van der Waals surface area contributed by atoms with E-state index in [-0.39, 0.29) is 6.09 Å². The highest BCUT2D eigenvalue weighted by Gasteiger charge is 2.17. The first-order chi connectivity index (χ1) is 11.0. The van der Waals surface area contributed by atoms with Gasteiger partial charge in [-0.25, -0.2) is 4.79 Å². The minimum absolute atomic E-state index is 0.358. The molecule has 0 aliphatic heterocycles. The number of nitrogens with one attached hydrogen (secondary N) is 1. The summed E-state index contributed by atoms with van der Waals surface area (Å²) in [4.78, 5) is 12.0. The van der Waals surface area contributed by atoms with Crippen LogP contribution in [-0.2, 0) is 24.1 Å². The number of amides is 1. The SMILES string of the molecule is Cc1cc(CC(C)C)cc(CC(C)C)c1CNC(=O)OC(C)(C)C. The summed E-state index contributed by atoms with van der Waals surface area (Å²) in [5.41, 5.74) is 4.74. The quantitative estimate of drug-likeness (QED) is 0.755.